The van der Waals surface area contributed by atoms with Crippen LogP contribution in [0.25, 0.3) is 0 Å². The number of aliphatic hydroxyl groups is 1. The number of ether oxygens (including phenoxy) is 1. The van der Waals surface area contributed by atoms with Crippen molar-refractivity contribution in [2.75, 3.05) is 19.8 Å². The van der Waals surface area contributed by atoms with Crippen LogP contribution < -0.4 is 11.1 Å². The fourth-order valence-electron chi connectivity index (χ4n) is 3.43. The number of hydrogen-bond donors (Lipinski definition) is 3. The molecule has 3 atom stereocenters. The highest BCUT2D eigenvalue weighted by atomic mass is 16.5. The maximum Gasteiger partial charge on any atom is 0.241 e. The first-order chi connectivity index (χ1) is 8.46. The Balaban J connectivity index is 1.96. The lowest BCUT2D eigenvalue weighted by molar-refractivity contribution is -0.175. The standard InChI is InChI=1S/C13H24N2O3/c1-12(2)10-9(5-8-18-10)13(12,14)11(17)15-6-3-4-7-16/h9-10,16H,3-8,14H2,1-2H3,(H,15,17). The number of rotatable bonds is 5. The fraction of sp³-hybridized carbons (Fsp3) is 0.923. The van der Waals surface area contributed by atoms with Crippen molar-refractivity contribution in [3.8, 4) is 0 Å². The van der Waals surface area contributed by atoms with Gasteiger partial charge in [0.05, 0.1) is 6.10 Å². The molecule has 1 aliphatic heterocycles. The summed E-state index contributed by atoms with van der Waals surface area (Å²) in [6.45, 7) is 5.45. The molecule has 1 saturated carbocycles. The summed E-state index contributed by atoms with van der Waals surface area (Å²) < 4.78 is 5.66. The zero-order chi connectivity index (χ0) is 13.4. The van der Waals surface area contributed by atoms with Crippen LogP contribution in [-0.2, 0) is 9.53 Å². The van der Waals surface area contributed by atoms with Gasteiger partial charge in [0.15, 0.2) is 0 Å². The van der Waals surface area contributed by atoms with Crippen LogP contribution >= 0.6 is 0 Å². The summed E-state index contributed by atoms with van der Waals surface area (Å²) in [6, 6.07) is 0. The number of unbranched alkanes of at least 4 members (excludes halogenated alkanes) is 1. The number of carbonyl (C=O) groups excluding carboxylic acids is 1. The predicted molar refractivity (Wildman–Crippen MR) is 67.9 cm³/mol. The van der Waals surface area contributed by atoms with E-state index in [-0.39, 0.29) is 30.0 Å². The van der Waals surface area contributed by atoms with Crippen LogP contribution in [0.3, 0.4) is 0 Å². The minimum absolute atomic E-state index is 0.0720. The lowest BCUT2D eigenvalue weighted by Gasteiger charge is -2.60. The number of hydrogen-bond acceptors (Lipinski definition) is 4. The quantitative estimate of drug-likeness (QED) is 0.605. The highest BCUT2D eigenvalue weighted by Gasteiger charge is 2.71. The van der Waals surface area contributed by atoms with Gasteiger partial charge in [0.2, 0.25) is 5.91 Å². The molecule has 0 aromatic heterocycles. The highest BCUT2D eigenvalue weighted by Crippen LogP contribution is 2.58. The van der Waals surface area contributed by atoms with Crippen molar-refractivity contribution >= 4 is 5.91 Å². The number of amides is 1. The van der Waals surface area contributed by atoms with Crippen LogP contribution in [0.5, 0.6) is 0 Å². The molecule has 1 amide bonds. The molecule has 0 aromatic rings. The summed E-state index contributed by atoms with van der Waals surface area (Å²) >= 11 is 0. The Morgan fingerprint density at radius 3 is 2.89 bits per heavy atom. The van der Waals surface area contributed by atoms with E-state index in [2.05, 4.69) is 5.32 Å². The molecule has 0 bridgehead atoms. The van der Waals surface area contributed by atoms with Crippen molar-refractivity contribution in [1.82, 2.24) is 5.32 Å². The van der Waals surface area contributed by atoms with E-state index in [9.17, 15) is 4.79 Å². The highest BCUT2D eigenvalue weighted by molar-refractivity contribution is 5.89. The second-order valence-electron chi connectivity index (χ2n) is 5.96. The SMILES string of the molecule is CC1(C)C2OCCC2C1(N)C(=O)NCCCCO. The molecular weight excluding hydrogens is 232 g/mol. The maximum absolute atomic E-state index is 12.3. The van der Waals surface area contributed by atoms with Crippen LogP contribution in [0.2, 0.25) is 0 Å². The first-order valence-corrected chi connectivity index (χ1v) is 6.76. The lowest BCUT2D eigenvalue weighted by Crippen LogP contribution is -2.80. The molecule has 18 heavy (non-hydrogen) atoms. The van der Waals surface area contributed by atoms with Gasteiger partial charge in [-0.25, -0.2) is 0 Å². The van der Waals surface area contributed by atoms with E-state index in [0.717, 1.165) is 12.8 Å². The molecule has 5 heteroatoms. The first-order valence-electron chi connectivity index (χ1n) is 6.76. The largest absolute Gasteiger partial charge is 0.396 e. The Kier molecular flexibility index (Phi) is 3.67. The second kappa shape index (κ2) is 4.79. The number of aliphatic hydroxyl groups excluding tert-OH is 1. The molecule has 0 radical (unpaired) electrons. The van der Waals surface area contributed by atoms with Crippen molar-refractivity contribution < 1.29 is 14.6 Å². The molecule has 0 aromatic carbocycles. The van der Waals surface area contributed by atoms with Crippen LogP contribution in [0, 0.1) is 11.3 Å². The zero-order valence-corrected chi connectivity index (χ0v) is 11.2. The molecule has 0 spiro atoms. The minimum Gasteiger partial charge on any atom is -0.396 e. The zero-order valence-electron chi connectivity index (χ0n) is 11.2. The van der Waals surface area contributed by atoms with Crippen molar-refractivity contribution in [3.05, 3.63) is 0 Å². The monoisotopic (exact) mass is 256 g/mol. The number of carbonyl (C=O) groups is 1. The van der Waals surface area contributed by atoms with Gasteiger partial charge in [-0.2, -0.15) is 0 Å². The van der Waals surface area contributed by atoms with Crippen molar-refractivity contribution in [1.29, 1.82) is 0 Å². The number of fused-ring (bicyclic) bond motifs is 1. The van der Waals surface area contributed by atoms with Crippen LogP contribution in [0.15, 0.2) is 0 Å². The molecule has 1 heterocycles. The van der Waals surface area contributed by atoms with E-state index < -0.39 is 5.54 Å². The van der Waals surface area contributed by atoms with E-state index in [0.29, 0.717) is 19.6 Å². The summed E-state index contributed by atoms with van der Waals surface area (Å²) in [5.41, 5.74) is 5.26. The van der Waals surface area contributed by atoms with E-state index >= 15 is 0 Å². The van der Waals surface area contributed by atoms with Crippen molar-refractivity contribution in [3.63, 3.8) is 0 Å². The molecular formula is C13H24N2O3. The van der Waals surface area contributed by atoms with Gasteiger partial charge in [-0.3, -0.25) is 4.79 Å². The molecule has 1 aliphatic carbocycles. The van der Waals surface area contributed by atoms with Crippen molar-refractivity contribution in [2.45, 2.75) is 44.8 Å². The van der Waals surface area contributed by atoms with E-state index in [1.54, 1.807) is 0 Å². The lowest BCUT2D eigenvalue weighted by atomic mass is 9.48. The Hall–Kier alpha value is -0.650. The molecule has 1 saturated heterocycles. The predicted octanol–water partition coefficient (Wildman–Crippen LogP) is 0.0175. The van der Waals surface area contributed by atoms with Gasteiger partial charge >= 0.3 is 0 Å². The Labute approximate surface area is 108 Å². The van der Waals surface area contributed by atoms with Crippen LogP contribution in [0.4, 0.5) is 0 Å². The van der Waals surface area contributed by atoms with E-state index in [1.807, 2.05) is 13.8 Å². The third-order valence-electron chi connectivity index (χ3n) is 4.70. The van der Waals surface area contributed by atoms with Crippen LogP contribution in [0.1, 0.15) is 33.1 Å². The average molecular weight is 256 g/mol. The van der Waals surface area contributed by atoms with Crippen LogP contribution in [-0.4, -0.2) is 42.4 Å². The third kappa shape index (κ3) is 1.76. The molecule has 4 N–H and O–H groups in total. The van der Waals surface area contributed by atoms with Gasteiger partial charge in [-0.1, -0.05) is 13.8 Å². The second-order valence-corrected chi connectivity index (χ2v) is 5.96. The van der Waals surface area contributed by atoms with E-state index in [4.69, 9.17) is 15.6 Å². The molecule has 2 rings (SSSR count). The Morgan fingerprint density at radius 1 is 1.50 bits per heavy atom. The summed E-state index contributed by atoms with van der Waals surface area (Å²) in [7, 11) is 0. The molecule has 3 unspecified atom stereocenters. The topological polar surface area (TPSA) is 84.6 Å². The maximum atomic E-state index is 12.3. The first kappa shape index (κ1) is 13.8. The molecule has 5 nitrogen and oxygen atoms in total. The molecule has 2 aliphatic rings. The summed E-state index contributed by atoms with van der Waals surface area (Å²) in [6.07, 6.45) is 2.47. The average Bonchev–Trinajstić information content (AvgIpc) is 2.81. The van der Waals surface area contributed by atoms with Gasteiger partial charge in [-0.05, 0) is 19.3 Å². The number of nitrogens with two attached hydrogens (primary N) is 1. The summed E-state index contributed by atoms with van der Waals surface area (Å²) in [4.78, 5) is 12.3. The van der Waals surface area contributed by atoms with Gasteiger partial charge < -0.3 is 20.9 Å². The minimum atomic E-state index is -0.812. The van der Waals surface area contributed by atoms with Gasteiger partial charge in [0, 0.05) is 31.1 Å². The summed E-state index contributed by atoms with van der Waals surface area (Å²) in [5, 5.41) is 11.6. The van der Waals surface area contributed by atoms with Gasteiger partial charge in [0.1, 0.15) is 5.54 Å². The van der Waals surface area contributed by atoms with E-state index in [1.165, 1.54) is 0 Å². The normalized spacial score (nSPS) is 36.9. The van der Waals surface area contributed by atoms with Gasteiger partial charge in [-0.15, -0.1) is 0 Å². The molecule has 104 valence electrons. The Bertz CT molecular complexity index is 332. The van der Waals surface area contributed by atoms with Gasteiger partial charge in [0.25, 0.3) is 0 Å². The number of nitrogens with one attached hydrogen (secondary N) is 1. The molecule has 2 fully saturated rings. The third-order valence-corrected chi connectivity index (χ3v) is 4.70. The summed E-state index contributed by atoms with van der Waals surface area (Å²) in [5.74, 6) is 0.0718. The fourth-order valence-corrected chi connectivity index (χ4v) is 3.43. The Morgan fingerprint density at radius 2 is 2.22 bits per heavy atom. The smallest absolute Gasteiger partial charge is 0.241 e. The van der Waals surface area contributed by atoms with Crippen molar-refractivity contribution in [2.24, 2.45) is 17.1 Å².